The number of halogens is 1. The van der Waals surface area contributed by atoms with Crippen LogP contribution in [-0.2, 0) is 6.42 Å². The highest BCUT2D eigenvalue weighted by Crippen LogP contribution is 2.27. The summed E-state index contributed by atoms with van der Waals surface area (Å²) >= 11 is 0. The third-order valence-corrected chi connectivity index (χ3v) is 7.06. The summed E-state index contributed by atoms with van der Waals surface area (Å²) in [6.07, 6.45) is 9.32. The number of ether oxygens (including phenoxy) is 2. The molecule has 0 aliphatic rings. The minimum absolute atomic E-state index is 0.174. The van der Waals surface area contributed by atoms with Gasteiger partial charge < -0.3 is 9.47 Å². The number of hydrogen-bond acceptors (Lipinski definition) is 3. The highest BCUT2D eigenvalue weighted by Gasteiger charge is 2.13. The third kappa shape index (κ3) is 8.29. The second-order valence-corrected chi connectivity index (χ2v) is 10.2. The molecule has 4 heteroatoms. The SMILES string of the molecule is CCCCCCc1ccc(-c2ccc(C(=O)Oc3ccc(-c4ccc(OCCCCC)cc4)cc3)cc2F)cc1. The smallest absolute Gasteiger partial charge is 0.343 e. The van der Waals surface area contributed by atoms with Gasteiger partial charge in [0.25, 0.3) is 0 Å². The number of hydrogen-bond donors (Lipinski definition) is 0. The first-order valence-corrected chi connectivity index (χ1v) is 14.5. The number of esters is 1. The topological polar surface area (TPSA) is 35.5 Å². The van der Waals surface area contributed by atoms with Crippen LogP contribution in [0, 0.1) is 5.82 Å². The fraction of sp³-hybridized carbons (Fsp3) is 0.306. The highest BCUT2D eigenvalue weighted by molar-refractivity contribution is 5.91. The van der Waals surface area contributed by atoms with E-state index in [4.69, 9.17) is 9.47 Å². The Morgan fingerprint density at radius 3 is 1.88 bits per heavy atom. The van der Waals surface area contributed by atoms with Crippen LogP contribution in [0.1, 0.15) is 74.7 Å². The number of unbranched alkanes of at least 4 members (excludes halogenated alkanes) is 5. The maximum atomic E-state index is 15.0. The van der Waals surface area contributed by atoms with E-state index in [9.17, 15) is 9.18 Å². The minimum atomic E-state index is -0.592. The highest BCUT2D eigenvalue weighted by atomic mass is 19.1. The molecule has 0 unspecified atom stereocenters. The fourth-order valence-corrected chi connectivity index (χ4v) is 4.65. The fourth-order valence-electron chi connectivity index (χ4n) is 4.65. The Labute approximate surface area is 238 Å². The van der Waals surface area contributed by atoms with Crippen molar-refractivity contribution in [1.29, 1.82) is 0 Å². The predicted octanol–water partition coefficient (Wildman–Crippen LogP) is 10.1. The maximum absolute atomic E-state index is 15.0. The Morgan fingerprint density at radius 2 is 1.25 bits per heavy atom. The quantitative estimate of drug-likeness (QED) is 0.0910. The first-order valence-electron chi connectivity index (χ1n) is 14.5. The second-order valence-electron chi connectivity index (χ2n) is 10.2. The molecule has 0 atom stereocenters. The van der Waals surface area contributed by atoms with Crippen molar-refractivity contribution in [2.24, 2.45) is 0 Å². The van der Waals surface area contributed by atoms with E-state index in [-0.39, 0.29) is 5.56 Å². The summed E-state index contributed by atoms with van der Waals surface area (Å²) in [5.74, 6) is 0.227. The van der Waals surface area contributed by atoms with Crippen LogP contribution in [0.3, 0.4) is 0 Å². The summed E-state index contributed by atoms with van der Waals surface area (Å²) in [4.78, 5) is 12.7. The van der Waals surface area contributed by atoms with Crippen LogP contribution >= 0.6 is 0 Å². The number of carbonyl (C=O) groups is 1. The van der Waals surface area contributed by atoms with Gasteiger partial charge in [-0.2, -0.15) is 0 Å². The largest absolute Gasteiger partial charge is 0.494 e. The van der Waals surface area contributed by atoms with Gasteiger partial charge in [-0.3, -0.25) is 0 Å². The molecular weight excluding hydrogens is 499 g/mol. The molecule has 0 bridgehead atoms. The molecule has 0 fully saturated rings. The van der Waals surface area contributed by atoms with Crippen molar-refractivity contribution in [2.75, 3.05) is 6.61 Å². The Morgan fingerprint density at radius 1 is 0.650 bits per heavy atom. The molecule has 0 amide bonds. The van der Waals surface area contributed by atoms with Gasteiger partial charge in [-0.25, -0.2) is 9.18 Å². The van der Waals surface area contributed by atoms with E-state index in [0.29, 0.717) is 11.3 Å². The molecule has 0 heterocycles. The Bertz CT molecular complexity index is 1340. The molecule has 0 aromatic heterocycles. The van der Waals surface area contributed by atoms with E-state index in [1.165, 1.54) is 50.2 Å². The lowest BCUT2D eigenvalue weighted by molar-refractivity contribution is 0.0734. The van der Waals surface area contributed by atoms with Gasteiger partial charge in [0.2, 0.25) is 0 Å². The molecule has 40 heavy (non-hydrogen) atoms. The van der Waals surface area contributed by atoms with Gasteiger partial charge in [0, 0.05) is 5.56 Å². The standard InChI is InChI=1S/C36H39FO3/c1-3-5-7-8-10-27-11-13-30(14-12-27)34-24-19-31(26-35(34)37)36(38)40-33-22-17-29(18-23-33)28-15-20-32(21-16-28)39-25-9-6-4-2/h11-24,26H,3-10,25H2,1-2H3. The van der Waals surface area contributed by atoms with Crippen LogP contribution < -0.4 is 9.47 Å². The van der Waals surface area contributed by atoms with Crippen LogP contribution in [0.15, 0.2) is 91.0 Å². The van der Waals surface area contributed by atoms with Crippen molar-refractivity contribution >= 4 is 5.97 Å². The molecule has 0 aliphatic carbocycles. The molecule has 0 saturated heterocycles. The first kappa shape index (κ1) is 29.1. The second kappa shape index (κ2) is 15.0. The lowest BCUT2D eigenvalue weighted by Crippen LogP contribution is -2.09. The molecule has 0 N–H and O–H groups in total. The van der Waals surface area contributed by atoms with E-state index >= 15 is 0 Å². The molecule has 208 valence electrons. The van der Waals surface area contributed by atoms with E-state index < -0.39 is 11.8 Å². The minimum Gasteiger partial charge on any atom is -0.494 e. The van der Waals surface area contributed by atoms with Gasteiger partial charge in [0.15, 0.2) is 0 Å². The van der Waals surface area contributed by atoms with Gasteiger partial charge in [0.05, 0.1) is 12.2 Å². The van der Waals surface area contributed by atoms with E-state index in [1.54, 1.807) is 24.3 Å². The Hall–Kier alpha value is -3.92. The van der Waals surface area contributed by atoms with Crippen molar-refractivity contribution in [2.45, 2.75) is 65.2 Å². The van der Waals surface area contributed by atoms with Crippen molar-refractivity contribution in [3.63, 3.8) is 0 Å². The first-order chi connectivity index (χ1) is 19.6. The molecule has 3 nitrogen and oxygen atoms in total. The van der Waals surface area contributed by atoms with Crippen LogP contribution in [0.25, 0.3) is 22.3 Å². The third-order valence-electron chi connectivity index (χ3n) is 7.06. The van der Waals surface area contributed by atoms with E-state index in [1.807, 2.05) is 48.5 Å². The van der Waals surface area contributed by atoms with Crippen LogP contribution in [-0.4, -0.2) is 12.6 Å². The van der Waals surface area contributed by atoms with E-state index in [0.717, 1.165) is 41.9 Å². The van der Waals surface area contributed by atoms with Crippen molar-refractivity contribution in [1.82, 2.24) is 0 Å². The summed E-state index contributed by atoms with van der Waals surface area (Å²) in [5.41, 5.74) is 4.74. The van der Waals surface area contributed by atoms with Crippen LogP contribution in [0.5, 0.6) is 11.5 Å². The van der Waals surface area contributed by atoms with Crippen molar-refractivity contribution in [3.05, 3.63) is 108 Å². The Kier molecular flexibility index (Phi) is 10.9. The zero-order valence-electron chi connectivity index (χ0n) is 23.6. The average Bonchev–Trinajstić information content (AvgIpc) is 2.99. The van der Waals surface area contributed by atoms with E-state index in [2.05, 4.69) is 26.0 Å². The lowest BCUT2D eigenvalue weighted by Gasteiger charge is -2.09. The number of benzene rings is 4. The Balaban J connectivity index is 1.33. The summed E-state index contributed by atoms with van der Waals surface area (Å²) in [6.45, 7) is 5.11. The summed E-state index contributed by atoms with van der Waals surface area (Å²) in [7, 11) is 0. The van der Waals surface area contributed by atoms with Crippen molar-refractivity contribution < 1.29 is 18.7 Å². The molecule has 4 aromatic carbocycles. The monoisotopic (exact) mass is 538 g/mol. The zero-order chi connectivity index (χ0) is 28.2. The van der Waals surface area contributed by atoms with Crippen molar-refractivity contribution in [3.8, 4) is 33.8 Å². The molecule has 0 saturated carbocycles. The number of aryl methyl sites for hydroxylation is 1. The maximum Gasteiger partial charge on any atom is 0.343 e. The average molecular weight is 539 g/mol. The summed E-state index contributed by atoms with van der Waals surface area (Å²) in [5, 5.41) is 0. The number of carbonyl (C=O) groups excluding carboxylic acids is 1. The van der Waals surface area contributed by atoms with Crippen LogP contribution in [0.2, 0.25) is 0 Å². The molecule has 4 rings (SSSR count). The molecular formula is C36H39FO3. The van der Waals surface area contributed by atoms with Gasteiger partial charge >= 0.3 is 5.97 Å². The van der Waals surface area contributed by atoms with Gasteiger partial charge in [-0.05, 0) is 77.9 Å². The molecule has 0 aliphatic heterocycles. The number of rotatable bonds is 14. The summed E-state index contributed by atoms with van der Waals surface area (Å²) < 4.78 is 26.3. The molecule has 0 spiro atoms. The zero-order valence-corrected chi connectivity index (χ0v) is 23.6. The van der Waals surface area contributed by atoms with Gasteiger partial charge in [0.1, 0.15) is 17.3 Å². The van der Waals surface area contributed by atoms with Gasteiger partial charge in [-0.1, -0.05) is 101 Å². The summed E-state index contributed by atoms with van der Waals surface area (Å²) in [6, 6.07) is 27.8. The van der Waals surface area contributed by atoms with Crippen LogP contribution in [0.4, 0.5) is 4.39 Å². The van der Waals surface area contributed by atoms with Gasteiger partial charge in [-0.15, -0.1) is 0 Å². The molecule has 4 aromatic rings. The predicted molar refractivity (Wildman–Crippen MR) is 162 cm³/mol. The normalized spacial score (nSPS) is 10.9. The lowest BCUT2D eigenvalue weighted by atomic mass is 9.99. The molecule has 0 radical (unpaired) electrons.